The first-order chi connectivity index (χ1) is 32.7. The predicted molar refractivity (Wildman–Crippen MR) is 280 cm³/mol. The SMILES string of the molecule is c1ccc(-c2ccc3c(c2)c2c(-c4cccc(N(c5ccc(-c6ccc(-c7cccc8ccccc78)cc6)cc5)c5ccccc5-c5ccccc5)c4)cccc2n3-c2ccccc2)cc1. The Morgan fingerprint density at radius 1 is 0.273 bits per heavy atom. The molecule has 11 aromatic carbocycles. The Bertz CT molecular complexity index is 3660. The summed E-state index contributed by atoms with van der Waals surface area (Å²) in [5, 5.41) is 4.98. The van der Waals surface area contributed by atoms with Crippen molar-refractivity contribution in [3.8, 4) is 61.3 Å². The van der Waals surface area contributed by atoms with Gasteiger partial charge in [0.25, 0.3) is 0 Å². The quantitative estimate of drug-likeness (QED) is 0.141. The van der Waals surface area contributed by atoms with Gasteiger partial charge in [0.1, 0.15) is 0 Å². The highest BCUT2D eigenvalue weighted by atomic mass is 15.1. The van der Waals surface area contributed by atoms with Crippen LogP contribution in [0.4, 0.5) is 17.1 Å². The van der Waals surface area contributed by atoms with Crippen LogP contribution in [0, 0.1) is 0 Å². The Balaban J connectivity index is 0.992. The molecule has 0 atom stereocenters. The van der Waals surface area contributed by atoms with Gasteiger partial charge in [-0.2, -0.15) is 0 Å². The fraction of sp³-hybridized carbons (Fsp3) is 0. The summed E-state index contributed by atoms with van der Waals surface area (Å²) >= 11 is 0. The van der Waals surface area contributed by atoms with Crippen molar-refractivity contribution >= 4 is 49.6 Å². The minimum absolute atomic E-state index is 1.08. The molecule has 66 heavy (non-hydrogen) atoms. The van der Waals surface area contributed by atoms with Crippen molar-refractivity contribution in [2.45, 2.75) is 0 Å². The van der Waals surface area contributed by atoms with Gasteiger partial charge in [0.15, 0.2) is 0 Å². The van der Waals surface area contributed by atoms with E-state index in [0.717, 1.165) is 33.9 Å². The summed E-state index contributed by atoms with van der Waals surface area (Å²) in [6.07, 6.45) is 0. The van der Waals surface area contributed by atoms with E-state index in [-0.39, 0.29) is 0 Å². The summed E-state index contributed by atoms with van der Waals surface area (Å²) in [5.41, 5.74) is 18.7. The van der Waals surface area contributed by atoms with Crippen LogP contribution < -0.4 is 4.90 Å². The van der Waals surface area contributed by atoms with Crippen molar-refractivity contribution in [2.75, 3.05) is 4.90 Å². The van der Waals surface area contributed by atoms with Crippen LogP contribution in [0.3, 0.4) is 0 Å². The monoisotopic (exact) mass is 840 g/mol. The average molecular weight is 841 g/mol. The van der Waals surface area contributed by atoms with Crippen molar-refractivity contribution in [1.82, 2.24) is 4.57 Å². The van der Waals surface area contributed by atoms with Gasteiger partial charge in [-0.1, -0.05) is 206 Å². The van der Waals surface area contributed by atoms with Crippen LogP contribution in [-0.4, -0.2) is 4.57 Å². The molecule has 0 N–H and O–H groups in total. The van der Waals surface area contributed by atoms with Gasteiger partial charge in [-0.3, -0.25) is 0 Å². The van der Waals surface area contributed by atoms with Gasteiger partial charge >= 0.3 is 0 Å². The lowest BCUT2D eigenvalue weighted by atomic mass is 9.96. The predicted octanol–water partition coefficient (Wildman–Crippen LogP) is 17.7. The number of aromatic nitrogens is 1. The number of para-hydroxylation sites is 2. The Kier molecular flexibility index (Phi) is 9.89. The highest BCUT2D eigenvalue weighted by molar-refractivity contribution is 6.17. The molecular formula is C64H44N2. The van der Waals surface area contributed by atoms with E-state index in [4.69, 9.17) is 0 Å². The molecule has 0 aliphatic heterocycles. The Morgan fingerprint density at radius 2 is 0.803 bits per heavy atom. The first-order valence-electron chi connectivity index (χ1n) is 22.7. The summed E-state index contributed by atoms with van der Waals surface area (Å²) in [5.74, 6) is 0. The number of benzene rings is 11. The lowest BCUT2D eigenvalue weighted by molar-refractivity contribution is 1.18. The maximum Gasteiger partial charge on any atom is 0.0547 e. The second kappa shape index (κ2) is 16.8. The van der Waals surface area contributed by atoms with Crippen LogP contribution in [0.5, 0.6) is 0 Å². The zero-order valence-electron chi connectivity index (χ0n) is 36.3. The molecule has 0 aliphatic rings. The lowest BCUT2D eigenvalue weighted by Gasteiger charge is -2.28. The van der Waals surface area contributed by atoms with Crippen molar-refractivity contribution in [3.05, 3.63) is 267 Å². The summed E-state index contributed by atoms with van der Waals surface area (Å²) in [7, 11) is 0. The molecule has 1 heterocycles. The van der Waals surface area contributed by atoms with Crippen LogP contribution in [0.1, 0.15) is 0 Å². The van der Waals surface area contributed by atoms with Crippen molar-refractivity contribution in [2.24, 2.45) is 0 Å². The molecule has 0 saturated carbocycles. The van der Waals surface area contributed by atoms with Gasteiger partial charge in [0, 0.05) is 33.4 Å². The van der Waals surface area contributed by atoms with Crippen LogP contribution in [0.15, 0.2) is 267 Å². The number of fused-ring (bicyclic) bond motifs is 4. The average Bonchev–Trinajstić information content (AvgIpc) is 3.74. The third-order valence-corrected chi connectivity index (χ3v) is 13.0. The lowest BCUT2D eigenvalue weighted by Crippen LogP contribution is -2.11. The van der Waals surface area contributed by atoms with E-state index >= 15 is 0 Å². The molecule has 0 aliphatic carbocycles. The largest absolute Gasteiger partial charge is 0.310 e. The molecule has 0 fully saturated rings. The van der Waals surface area contributed by atoms with Gasteiger partial charge in [-0.05, 0) is 122 Å². The highest BCUT2D eigenvalue weighted by Crippen LogP contribution is 2.45. The molecule has 0 unspecified atom stereocenters. The second-order valence-electron chi connectivity index (χ2n) is 16.9. The number of nitrogens with zero attached hydrogens (tertiary/aromatic N) is 2. The molecule has 0 bridgehead atoms. The van der Waals surface area contributed by atoms with Gasteiger partial charge in [0.05, 0.1) is 16.7 Å². The molecule has 12 aromatic rings. The number of hydrogen-bond acceptors (Lipinski definition) is 1. The second-order valence-corrected chi connectivity index (χ2v) is 16.9. The van der Waals surface area contributed by atoms with E-state index in [2.05, 4.69) is 276 Å². The molecule has 12 rings (SSSR count). The minimum atomic E-state index is 1.08. The Morgan fingerprint density at radius 3 is 1.59 bits per heavy atom. The number of rotatable bonds is 9. The molecule has 0 spiro atoms. The Labute approximate surface area is 385 Å². The number of hydrogen-bond donors (Lipinski definition) is 0. The van der Waals surface area contributed by atoms with Crippen molar-refractivity contribution in [3.63, 3.8) is 0 Å². The van der Waals surface area contributed by atoms with Gasteiger partial charge < -0.3 is 9.47 Å². The van der Waals surface area contributed by atoms with Crippen molar-refractivity contribution < 1.29 is 0 Å². The van der Waals surface area contributed by atoms with E-state index in [1.807, 2.05) is 0 Å². The molecule has 0 amide bonds. The molecule has 0 saturated heterocycles. The molecule has 310 valence electrons. The molecule has 1 aromatic heterocycles. The third kappa shape index (κ3) is 7.02. The fourth-order valence-electron chi connectivity index (χ4n) is 9.87. The molecule has 2 nitrogen and oxygen atoms in total. The number of anilines is 3. The van der Waals surface area contributed by atoms with E-state index in [9.17, 15) is 0 Å². The highest BCUT2D eigenvalue weighted by Gasteiger charge is 2.21. The van der Waals surface area contributed by atoms with E-state index in [1.165, 1.54) is 77.1 Å². The summed E-state index contributed by atoms with van der Waals surface area (Å²) in [6, 6.07) is 96.8. The van der Waals surface area contributed by atoms with Crippen LogP contribution in [-0.2, 0) is 0 Å². The van der Waals surface area contributed by atoms with E-state index in [0.29, 0.717) is 0 Å². The molecule has 2 heteroatoms. The maximum absolute atomic E-state index is 2.42. The molecular weight excluding hydrogens is 797 g/mol. The van der Waals surface area contributed by atoms with Crippen LogP contribution in [0.2, 0.25) is 0 Å². The Hall–Kier alpha value is -8.72. The zero-order valence-corrected chi connectivity index (χ0v) is 36.3. The van der Waals surface area contributed by atoms with Crippen LogP contribution in [0.25, 0.3) is 93.9 Å². The van der Waals surface area contributed by atoms with Gasteiger partial charge in [-0.15, -0.1) is 0 Å². The first kappa shape index (κ1) is 38.9. The van der Waals surface area contributed by atoms with E-state index in [1.54, 1.807) is 0 Å². The molecule has 0 radical (unpaired) electrons. The van der Waals surface area contributed by atoms with E-state index < -0.39 is 0 Å². The standard InChI is InChI=1S/C64H44N2/c1-4-17-45(18-5-1)51-39-42-62-60(44-51)64-59(30-16-32-63(64)66(62)53-24-8-3-9-25-53)52-23-14-26-55(43-52)65(61-31-13-12-28-58(61)49-19-6-2-7-20-49)54-40-37-47(38-41-54)46-33-35-50(36-34-46)57-29-15-22-48-21-10-11-27-56(48)57/h1-44H. The fourth-order valence-corrected chi connectivity index (χ4v) is 9.87. The van der Waals surface area contributed by atoms with Gasteiger partial charge in [-0.25, -0.2) is 0 Å². The van der Waals surface area contributed by atoms with Gasteiger partial charge in [0.2, 0.25) is 0 Å². The van der Waals surface area contributed by atoms with Crippen LogP contribution >= 0.6 is 0 Å². The minimum Gasteiger partial charge on any atom is -0.310 e. The summed E-state index contributed by atoms with van der Waals surface area (Å²) in [4.78, 5) is 2.42. The summed E-state index contributed by atoms with van der Waals surface area (Å²) < 4.78 is 2.41. The zero-order chi connectivity index (χ0) is 43.8. The first-order valence-corrected chi connectivity index (χ1v) is 22.7. The normalized spacial score (nSPS) is 11.3. The topological polar surface area (TPSA) is 8.17 Å². The maximum atomic E-state index is 2.42. The van der Waals surface area contributed by atoms with Crippen molar-refractivity contribution in [1.29, 1.82) is 0 Å². The smallest absolute Gasteiger partial charge is 0.0547 e. The summed E-state index contributed by atoms with van der Waals surface area (Å²) in [6.45, 7) is 0. The third-order valence-electron chi connectivity index (χ3n) is 13.0.